The minimum atomic E-state index is -0.257. The molecule has 2 N–H and O–H groups in total. The number of benzene rings is 2. The zero-order chi connectivity index (χ0) is 14.7. The van der Waals surface area contributed by atoms with Crippen molar-refractivity contribution in [2.75, 3.05) is 19.0 Å². The largest absolute Gasteiger partial charge is 0.486 e. The van der Waals surface area contributed by atoms with Gasteiger partial charge in [-0.1, -0.05) is 12.1 Å². The van der Waals surface area contributed by atoms with E-state index < -0.39 is 0 Å². The summed E-state index contributed by atoms with van der Waals surface area (Å²) in [6, 6.07) is 12.1. The summed E-state index contributed by atoms with van der Waals surface area (Å²) in [6.07, 6.45) is 0. The van der Waals surface area contributed by atoms with Gasteiger partial charge in [-0.15, -0.1) is 11.8 Å². The predicted molar refractivity (Wildman–Crippen MR) is 81.5 cm³/mol. The van der Waals surface area contributed by atoms with Gasteiger partial charge >= 0.3 is 0 Å². The molecule has 2 aromatic rings. The first kappa shape index (κ1) is 14.2. The maximum absolute atomic E-state index is 13.2. The Balaban J connectivity index is 1.64. The second-order valence-corrected chi connectivity index (χ2v) is 5.87. The zero-order valence-electron chi connectivity index (χ0n) is 11.4. The lowest BCUT2D eigenvalue weighted by Gasteiger charge is -2.19. The fraction of sp³-hybridized carbons (Fsp3) is 0.250. The molecule has 110 valence electrons. The van der Waals surface area contributed by atoms with Crippen LogP contribution in [-0.4, -0.2) is 19.0 Å². The summed E-state index contributed by atoms with van der Waals surface area (Å²) < 4.78 is 24.2. The Kier molecular flexibility index (Phi) is 4.31. The molecule has 0 aromatic heterocycles. The van der Waals surface area contributed by atoms with Crippen molar-refractivity contribution in [3.63, 3.8) is 0 Å². The van der Waals surface area contributed by atoms with Crippen LogP contribution in [0.25, 0.3) is 0 Å². The molecule has 1 heterocycles. The fourth-order valence-electron chi connectivity index (χ4n) is 2.13. The number of halogens is 1. The van der Waals surface area contributed by atoms with Gasteiger partial charge in [-0.2, -0.15) is 0 Å². The van der Waals surface area contributed by atoms with E-state index in [2.05, 4.69) is 0 Å². The van der Waals surface area contributed by atoms with Gasteiger partial charge in [0.2, 0.25) is 0 Å². The minimum Gasteiger partial charge on any atom is -0.486 e. The highest BCUT2D eigenvalue weighted by Crippen LogP contribution is 2.35. The number of nitrogens with two attached hydrogens (primary N) is 1. The van der Waals surface area contributed by atoms with Crippen LogP contribution in [0.15, 0.2) is 47.4 Å². The summed E-state index contributed by atoms with van der Waals surface area (Å²) in [6.45, 7) is 1.16. The molecular formula is C16H16FNO2S. The van der Waals surface area contributed by atoms with Crippen LogP contribution in [0.5, 0.6) is 11.5 Å². The molecule has 2 aromatic carbocycles. The monoisotopic (exact) mass is 305 g/mol. The number of ether oxygens (including phenoxy) is 2. The van der Waals surface area contributed by atoms with Gasteiger partial charge in [0.25, 0.3) is 0 Å². The summed E-state index contributed by atoms with van der Waals surface area (Å²) in [7, 11) is 0. The van der Waals surface area contributed by atoms with E-state index in [-0.39, 0.29) is 11.9 Å². The first-order valence-electron chi connectivity index (χ1n) is 6.76. The van der Waals surface area contributed by atoms with E-state index in [0.29, 0.717) is 19.0 Å². The number of hydrogen-bond acceptors (Lipinski definition) is 4. The van der Waals surface area contributed by atoms with Gasteiger partial charge in [0.05, 0.1) is 0 Å². The van der Waals surface area contributed by atoms with Gasteiger partial charge in [-0.25, -0.2) is 4.39 Å². The van der Waals surface area contributed by atoms with Crippen LogP contribution in [0.3, 0.4) is 0 Å². The third kappa shape index (κ3) is 3.49. The molecular weight excluding hydrogens is 289 g/mol. The van der Waals surface area contributed by atoms with Gasteiger partial charge in [0.1, 0.15) is 19.0 Å². The van der Waals surface area contributed by atoms with Gasteiger partial charge in [-0.05, 0) is 35.9 Å². The summed E-state index contributed by atoms with van der Waals surface area (Å²) in [5, 5.41) is 0. The Bertz CT molecular complexity index is 635. The molecule has 1 aliphatic heterocycles. The molecule has 5 heteroatoms. The highest BCUT2D eigenvalue weighted by atomic mass is 32.2. The average molecular weight is 305 g/mol. The quantitative estimate of drug-likeness (QED) is 0.880. The van der Waals surface area contributed by atoms with Gasteiger partial charge in [-0.3, -0.25) is 0 Å². The molecule has 3 nitrogen and oxygen atoms in total. The molecule has 1 unspecified atom stereocenters. The lowest BCUT2D eigenvalue weighted by Crippen LogP contribution is -2.15. The lowest BCUT2D eigenvalue weighted by molar-refractivity contribution is 0.171. The molecule has 0 bridgehead atoms. The van der Waals surface area contributed by atoms with Crippen molar-refractivity contribution < 1.29 is 13.9 Å². The maximum atomic E-state index is 13.2. The van der Waals surface area contributed by atoms with Crippen molar-refractivity contribution in [3.05, 3.63) is 53.8 Å². The average Bonchev–Trinajstić information content (AvgIpc) is 2.52. The number of rotatable bonds is 4. The van der Waals surface area contributed by atoms with E-state index >= 15 is 0 Å². The molecule has 1 atom stereocenters. The lowest BCUT2D eigenvalue weighted by atomic mass is 10.1. The highest BCUT2D eigenvalue weighted by Gasteiger charge is 2.13. The normalized spacial score (nSPS) is 14.8. The highest BCUT2D eigenvalue weighted by molar-refractivity contribution is 7.99. The molecule has 0 saturated carbocycles. The standard InChI is InChI=1S/C16H16FNO2S/c17-12-3-1-2-11(8-12)14(18)10-21-13-4-5-15-16(9-13)20-7-6-19-15/h1-5,8-9,14H,6-7,10,18H2. The summed E-state index contributed by atoms with van der Waals surface area (Å²) in [5.74, 6) is 1.96. The van der Waals surface area contributed by atoms with Crippen LogP contribution in [0, 0.1) is 5.82 Å². The van der Waals surface area contributed by atoms with Crippen molar-refractivity contribution in [1.82, 2.24) is 0 Å². The van der Waals surface area contributed by atoms with E-state index in [9.17, 15) is 4.39 Å². The van der Waals surface area contributed by atoms with Crippen LogP contribution in [0.2, 0.25) is 0 Å². The molecule has 0 amide bonds. The van der Waals surface area contributed by atoms with Gasteiger partial charge in [0, 0.05) is 16.7 Å². The molecule has 0 fully saturated rings. The molecule has 0 radical (unpaired) electrons. The zero-order valence-corrected chi connectivity index (χ0v) is 12.2. The fourth-order valence-corrected chi connectivity index (χ4v) is 3.05. The SMILES string of the molecule is NC(CSc1ccc2c(c1)OCCO2)c1cccc(F)c1. The van der Waals surface area contributed by atoms with Crippen molar-refractivity contribution in [3.8, 4) is 11.5 Å². The Morgan fingerprint density at radius 3 is 2.71 bits per heavy atom. The van der Waals surface area contributed by atoms with Gasteiger partial charge < -0.3 is 15.2 Å². The smallest absolute Gasteiger partial charge is 0.162 e. The van der Waals surface area contributed by atoms with Crippen molar-refractivity contribution >= 4 is 11.8 Å². The van der Waals surface area contributed by atoms with Crippen LogP contribution < -0.4 is 15.2 Å². The van der Waals surface area contributed by atoms with Crippen LogP contribution >= 0.6 is 11.8 Å². The van der Waals surface area contributed by atoms with Crippen molar-refractivity contribution in [2.24, 2.45) is 5.73 Å². The van der Waals surface area contributed by atoms with E-state index in [1.807, 2.05) is 24.3 Å². The first-order chi connectivity index (χ1) is 10.2. The molecule has 0 aliphatic carbocycles. The molecule has 3 rings (SSSR count). The Morgan fingerprint density at radius 2 is 1.90 bits per heavy atom. The molecule has 0 saturated heterocycles. The van der Waals surface area contributed by atoms with Crippen LogP contribution in [0.1, 0.15) is 11.6 Å². The topological polar surface area (TPSA) is 44.5 Å². The summed E-state index contributed by atoms with van der Waals surface area (Å²) in [5.41, 5.74) is 6.91. The van der Waals surface area contributed by atoms with E-state index in [4.69, 9.17) is 15.2 Å². The summed E-state index contributed by atoms with van der Waals surface area (Å²) in [4.78, 5) is 1.06. The van der Waals surface area contributed by atoms with E-state index in [0.717, 1.165) is 22.0 Å². The number of hydrogen-bond donors (Lipinski definition) is 1. The third-order valence-corrected chi connectivity index (χ3v) is 4.33. The molecule has 1 aliphatic rings. The van der Waals surface area contributed by atoms with Crippen LogP contribution in [-0.2, 0) is 0 Å². The van der Waals surface area contributed by atoms with E-state index in [1.54, 1.807) is 17.8 Å². The predicted octanol–water partition coefficient (Wildman–Crippen LogP) is 3.39. The Morgan fingerprint density at radius 1 is 1.10 bits per heavy atom. The first-order valence-corrected chi connectivity index (χ1v) is 7.74. The minimum absolute atomic E-state index is 0.209. The summed E-state index contributed by atoms with van der Waals surface area (Å²) >= 11 is 1.62. The van der Waals surface area contributed by atoms with E-state index in [1.165, 1.54) is 12.1 Å². The Labute approximate surface area is 127 Å². The van der Waals surface area contributed by atoms with Crippen molar-refractivity contribution in [2.45, 2.75) is 10.9 Å². The second-order valence-electron chi connectivity index (χ2n) is 4.78. The van der Waals surface area contributed by atoms with Gasteiger partial charge in [0.15, 0.2) is 11.5 Å². The second kappa shape index (κ2) is 6.37. The molecule has 0 spiro atoms. The Hall–Kier alpha value is -1.72. The number of thioether (sulfide) groups is 1. The molecule has 21 heavy (non-hydrogen) atoms. The number of fused-ring (bicyclic) bond motifs is 1. The van der Waals surface area contributed by atoms with Crippen LogP contribution in [0.4, 0.5) is 4.39 Å². The third-order valence-electron chi connectivity index (χ3n) is 3.22. The van der Waals surface area contributed by atoms with Crippen molar-refractivity contribution in [1.29, 1.82) is 0 Å². The maximum Gasteiger partial charge on any atom is 0.162 e.